The van der Waals surface area contributed by atoms with Gasteiger partial charge in [-0.2, -0.15) is 4.39 Å². The van der Waals surface area contributed by atoms with Crippen LogP contribution >= 0.6 is 0 Å². The van der Waals surface area contributed by atoms with E-state index in [2.05, 4.69) is 0 Å². The third-order valence-electron chi connectivity index (χ3n) is 3.90. The molecule has 2 rings (SSSR count). The van der Waals surface area contributed by atoms with Crippen molar-refractivity contribution in [2.75, 3.05) is 13.1 Å². The van der Waals surface area contributed by atoms with E-state index in [9.17, 15) is 23.7 Å². The molecular formula is C14H16F2N2O3. The normalized spacial score (nSPS) is 18.3. The first kappa shape index (κ1) is 15.3. The molecule has 0 spiro atoms. The fourth-order valence-electron chi connectivity index (χ4n) is 2.55. The Bertz CT molecular complexity index is 590. The van der Waals surface area contributed by atoms with Gasteiger partial charge in [0.2, 0.25) is 5.82 Å². The summed E-state index contributed by atoms with van der Waals surface area (Å²) in [6.45, 7) is 4.98. The maximum Gasteiger partial charge on any atom is 0.308 e. The van der Waals surface area contributed by atoms with Crippen molar-refractivity contribution < 1.29 is 18.5 Å². The van der Waals surface area contributed by atoms with Gasteiger partial charge >= 0.3 is 5.69 Å². The van der Waals surface area contributed by atoms with Gasteiger partial charge in [-0.3, -0.25) is 14.9 Å². The van der Waals surface area contributed by atoms with E-state index >= 15 is 0 Å². The van der Waals surface area contributed by atoms with Crippen LogP contribution in [0.5, 0.6) is 0 Å². The number of carbonyl (C=O) groups excluding carboxylic acids is 1. The van der Waals surface area contributed by atoms with Crippen LogP contribution in [0.25, 0.3) is 0 Å². The molecule has 0 aliphatic carbocycles. The second-order valence-corrected chi connectivity index (χ2v) is 5.59. The molecule has 1 aromatic carbocycles. The summed E-state index contributed by atoms with van der Waals surface area (Å²) < 4.78 is 27.4. The third kappa shape index (κ3) is 3.01. The van der Waals surface area contributed by atoms with Crippen LogP contribution in [0.3, 0.4) is 0 Å². The average Bonchev–Trinajstić information content (AvgIpc) is 2.89. The lowest BCUT2D eigenvalue weighted by molar-refractivity contribution is -0.387. The maximum absolute atomic E-state index is 14.0. The Hall–Kier alpha value is -2.05. The molecule has 21 heavy (non-hydrogen) atoms. The van der Waals surface area contributed by atoms with Gasteiger partial charge in [0.25, 0.3) is 5.91 Å². The number of nitro groups is 1. The molecule has 1 aliphatic rings. The maximum atomic E-state index is 14.0. The number of nitro benzene ring substituents is 1. The summed E-state index contributed by atoms with van der Waals surface area (Å²) >= 11 is 0. The smallest absolute Gasteiger partial charge is 0.308 e. The molecule has 1 unspecified atom stereocenters. The molecule has 1 amide bonds. The van der Waals surface area contributed by atoms with Crippen LogP contribution in [0.4, 0.5) is 14.5 Å². The third-order valence-corrected chi connectivity index (χ3v) is 3.90. The minimum absolute atomic E-state index is 0.306. The molecule has 0 bridgehead atoms. The van der Waals surface area contributed by atoms with Gasteiger partial charge in [-0.05, 0) is 24.3 Å². The fourth-order valence-corrected chi connectivity index (χ4v) is 2.55. The number of rotatable bonds is 3. The molecule has 5 nitrogen and oxygen atoms in total. The standard InChI is InChI=1S/C14H16F2N2O3/c1-8(2)9-3-4-17(7-9)14(19)11-5-10(15)6-12(13(11)16)18(20)21/h5-6,8-9H,3-4,7H2,1-2H3. The summed E-state index contributed by atoms with van der Waals surface area (Å²) in [6.07, 6.45) is 0.794. The van der Waals surface area contributed by atoms with Gasteiger partial charge in [-0.15, -0.1) is 0 Å². The van der Waals surface area contributed by atoms with Crippen LogP contribution in [0.1, 0.15) is 30.6 Å². The van der Waals surface area contributed by atoms with Crippen molar-refractivity contribution in [1.82, 2.24) is 4.90 Å². The molecule has 114 valence electrons. The van der Waals surface area contributed by atoms with Gasteiger partial charge in [0, 0.05) is 13.1 Å². The van der Waals surface area contributed by atoms with Crippen molar-refractivity contribution in [3.63, 3.8) is 0 Å². The summed E-state index contributed by atoms with van der Waals surface area (Å²) in [5.74, 6) is -2.28. The molecule has 0 N–H and O–H groups in total. The van der Waals surface area contributed by atoms with E-state index in [0.717, 1.165) is 6.42 Å². The molecule has 1 fully saturated rings. The molecule has 0 saturated carbocycles. The highest BCUT2D eigenvalue weighted by Crippen LogP contribution is 2.28. The number of nitrogens with zero attached hydrogens (tertiary/aromatic N) is 2. The Balaban J connectivity index is 2.30. The Kier molecular flexibility index (Phi) is 4.20. The Morgan fingerprint density at radius 1 is 1.43 bits per heavy atom. The van der Waals surface area contributed by atoms with E-state index in [0.29, 0.717) is 37.1 Å². The first-order valence-corrected chi connectivity index (χ1v) is 6.74. The first-order chi connectivity index (χ1) is 9.81. The highest BCUT2D eigenvalue weighted by atomic mass is 19.1. The van der Waals surface area contributed by atoms with E-state index < -0.39 is 33.7 Å². The van der Waals surface area contributed by atoms with E-state index in [-0.39, 0.29) is 0 Å². The second-order valence-electron chi connectivity index (χ2n) is 5.59. The molecule has 1 heterocycles. The molecular weight excluding hydrogens is 282 g/mol. The molecule has 0 radical (unpaired) electrons. The number of likely N-dealkylation sites (tertiary alicyclic amines) is 1. The van der Waals surface area contributed by atoms with Gasteiger partial charge in [0.05, 0.1) is 16.6 Å². The molecule has 7 heteroatoms. The average molecular weight is 298 g/mol. The lowest BCUT2D eigenvalue weighted by Crippen LogP contribution is -2.30. The van der Waals surface area contributed by atoms with Crippen LogP contribution < -0.4 is 0 Å². The number of halogens is 2. The van der Waals surface area contributed by atoms with Crippen molar-refractivity contribution in [2.45, 2.75) is 20.3 Å². The lowest BCUT2D eigenvalue weighted by atomic mass is 9.95. The Labute approximate surface area is 120 Å². The Morgan fingerprint density at radius 3 is 2.62 bits per heavy atom. The lowest BCUT2D eigenvalue weighted by Gasteiger charge is -2.18. The molecule has 1 aromatic rings. The Morgan fingerprint density at radius 2 is 2.10 bits per heavy atom. The number of carbonyl (C=O) groups is 1. The van der Waals surface area contributed by atoms with Crippen LogP contribution in [0, 0.1) is 33.6 Å². The van der Waals surface area contributed by atoms with Crippen LogP contribution in [-0.4, -0.2) is 28.8 Å². The van der Waals surface area contributed by atoms with E-state index in [1.165, 1.54) is 4.90 Å². The summed E-state index contributed by atoms with van der Waals surface area (Å²) in [5, 5.41) is 10.7. The predicted octanol–water partition coefficient (Wildman–Crippen LogP) is 2.99. The van der Waals surface area contributed by atoms with Crippen LogP contribution in [0.2, 0.25) is 0 Å². The molecule has 1 saturated heterocycles. The quantitative estimate of drug-likeness (QED) is 0.636. The number of benzene rings is 1. The number of hydrogen-bond donors (Lipinski definition) is 0. The fraction of sp³-hybridized carbons (Fsp3) is 0.500. The predicted molar refractivity (Wildman–Crippen MR) is 71.9 cm³/mol. The number of amides is 1. The van der Waals surface area contributed by atoms with Crippen molar-refractivity contribution in [3.05, 3.63) is 39.4 Å². The summed E-state index contributed by atoms with van der Waals surface area (Å²) in [7, 11) is 0. The largest absolute Gasteiger partial charge is 0.338 e. The van der Waals surface area contributed by atoms with Gasteiger partial charge < -0.3 is 4.90 Å². The van der Waals surface area contributed by atoms with E-state index in [1.54, 1.807) is 0 Å². The highest BCUT2D eigenvalue weighted by molar-refractivity contribution is 5.95. The minimum Gasteiger partial charge on any atom is -0.338 e. The first-order valence-electron chi connectivity index (χ1n) is 6.74. The minimum atomic E-state index is -1.28. The summed E-state index contributed by atoms with van der Waals surface area (Å²) in [4.78, 5) is 23.3. The zero-order chi connectivity index (χ0) is 15.7. The van der Waals surface area contributed by atoms with E-state index in [4.69, 9.17) is 0 Å². The molecule has 1 atom stereocenters. The van der Waals surface area contributed by atoms with E-state index in [1.807, 2.05) is 13.8 Å². The summed E-state index contributed by atoms with van der Waals surface area (Å²) in [5.41, 5.74) is -1.59. The van der Waals surface area contributed by atoms with Crippen LogP contribution in [0.15, 0.2) is 12.1 Å². The van der Waals surface area contributed by atoms with Crippen molar-refractivity contribution in [2.24, 2.45) is 11.8 Å². The van der Waals surface area contributed by atoms with Crippen molar-refractivity contribution in [3.8, 4) is 0 Å². The van der Waals surface area contributed by atoms with Crippen molar-refractivity contribution >= 4 is 11.6 Å². The highest BCUT2D eigenvalue weighted by Gasteiger charge is 2.32. The molecule has 1 aliphatic heterocycles. The van der Waals surface area contributed by atoms with Crippen molar-refractivity contribution in [1.29, 1.82) is 0 Å². The summed E-state index contributed by atoms with van der Waals surface area (Å²) in [6, 6.07) is 1.19. The van der Waals surface area contributed by atoms with Gasteiger partial charge in [-0.1, -0.05) is 13.8 Å². The molecule has 0 aromatic heterocycles. The monoisotopic (exact) mass is 298 g/mol. The topological polar surface area (TPSA) is 63.5 Å². The number of hydrogen-bond acceptors (Lipinski definition) is 3. The van der Waals surface area contributed by atoms with Gasteiger partial charge in [0.1, 0.15) is 5.82 Å². The second kappa shape index (κ2) is 5.75. The van der Waals surface area contributed by atoms with Gasteiger partial charge in [0.15, 0.2) is 0 Å². The zero-order valence-electron chi connectivity index (χ0n) is 11.8. The zero-order valence-corrected chi connectivity index (χ0v) is 11.8. The van der Waals surface area contributed by atoms with Gasteiger partial charge in [-0.25, -0.2) is 4.39 Å². The SMILES string of the molecule is CC(C)C1CCN(C(=O)c2cc(F)cc([N+](=O)[O-])c2F)C1. The van der Waals surface area contributed by atoms with Crippen LogP contribution in [-0.2, 0) is 0 Å².